The third-order valence-corrected chi connectivity index (χ3v) is 10.2. The molecule has 0 spiro atoms. The second kappa shape index (κ2) is 11.3. The monoisotopic (exact) mass is 994 g/mol. The fourth-order valence-electron chi connectivity index (χ4n) is 3.33. The summed E-state index contributed by atoms with van der Waals surface area (Å²) in [5, 5.41) is 20.3. The van der Waals surface area contributed by atoms with Crippen molar-refractivity contribution in [3.8, 4) is 28.2 Å². The van der Waals surface area contributed by atoms with Crippen LogP contribution in [0.4, 0.5) is 0 Å². The molecule has 34 heavy (non-hydrogen) atoms. The predicted octanol–water partition coefficient (Wildman–Crippen LogP) is 6.00. The largest absolute Gasteiger partial charge is 1.00 e. The number of hydrogen-bond acceptors (Lipinski definition) is 4. The van der Waals surface area contributed by atoms with Crippen molar-refractivity contribution >= 4 is 154 Å². The van der Waals surface area contributed by atoms with Crippen molar-refractivity contribution in [1.29, 1.82) is 0 Å². The van der Waals surface area contributed by atoms with Crippen LogP contribution < -0.4 is 35.0 Å². The van der Waals surface area contributed by atoms with Crippen molar-refractivity contribution in [2.75, 3.05) is 0 Å². The summed E-state index contributed by atoms with van der Waals surface area (Å²) in [7, 11) is 0. The minimum absolute atomic E-state index is 0. The standard InChI is InChI=1S/C20H4Cl4I4O5.Na/c21-10-8(9(20(31)32)11(22)13(24)12(10)23)7-3-1-5(25)16(29)14(27)18(3)33-19-4(7)2-6(26)17(30)15(19)28;/h1-2,29H,(H,31,32);/q;+1. The molecule has 2 aromatic rings. The van der Waals surface area contributed by atoms with Gasteiger partial charge in [-0.2, -0.15) is 0 Å². The summed E-state index contributed by atoms with van der Waals surface area (Å²) in [6, 6.07) is 3.22. The van der Waals surface area contributed by atoms with Crippen molar-refractivity contribution in [3.63, 3.8) is 0 Å². The fourth-order valence-corrected chi connectivity index (χ4v) is 7.93. The SMILES string of the molecule is O=C(O)c1c(Cl)c(Cl)c(Cl)c(Cl)c1-c1c2cc(I)c(=O)c(I)c-2oc2c(I)c(O)c(I)cc12.[Na+]. The number of carbonyl (C=O) groups is 1. The van der Waals surface area contributed by atoms with Gasteiger partial charge in [0.15, 0.2) is 11.3 Å². The van der Waals surface area contributed by atoms with Gasteiger partial charge >= 0.3 is 35.5 Å². The van der Waals surface area contributed by atoms with E-state index < -0.39 is 5.97 Å². The summed E-state index contributed by atoms with van der Waals surface area (Å²) in [5.41, 5.74) is 0.423. The molecule has 2 aliphatic rings. The van der Waals surface area contributed by atoms with Crippen molar-refractivity contribution in [3.05, 3.63) is 62.3 Å². The van der Waals surface area contributed by atoms with Gasteiger partial charge in [0, 0.05) is 22.1 Å². The summed E-state index contributed by atoms with van der Waals surface area (Å²) in [6.07, 6.45) is 0. The van der Waals surface area contributed by atoms with Crippen molar-refractivity contribution in [2.45, 2.75) is 0 Å². The number of benzene rings is 3. The van der Waals surface area contributed by atoms with Gasteiger partial charge in [-0.3, -0.25) is 4.79 Å². The van der Waals surface area contributed by atoms with E-state index in [0.29, 0.717) is 27.2 Å². The van der Waals surface area contributed by atoms with Crippen LogP contribution in [-0.4, -0.2) is 16.2 Å². The Morgan fingerprint density at radius 3 is 2.03 bits per heavy atom. The minimum atomic E-state index is -1.37. The molecule has 14 heteroatoms. The second-order valence-electron chi connectivity index (χ2n) is 6.56. The first kappa shape index (κ1) is 30.0. The molecule has 170 valence electrons. The van der Waals surface area contributed by atoms with Gasteiger partial charge in [-0.15, -0.1) is 0 Å². The smallest absolute Gasteiger partial charge is 0.506 e. The number of aromatic carboxylic acids is 1. The van der Waals surface area contributed by atoms with Crippen LogP contribution in [0, 0.1) is 14.3 Å². The first-order chi connectivity index (χ1) is 15.4. The van der Waals surface area contributed by atoms with Crippen LogP contribution in [0.1, 0.15) is 10.4 Å². The van der Waals surface area contributed by atoms with Crippen LogP contribution in [-0.2, 0) is 0 Å². The van der Waals surface area contributed by atoms with E-state index in [2.05, 4.69) is 0 Å². The third kappa shape index (κ3) is 4.83. The van der Waals surface area contributed by atoms with Crippen LogP contribution in [0.15, 0.2) is 21.3 Å². The van der Waals surface area contributed by atoms with Gasteiger partial charge in [0.2, 0.25) is 5.43 Å². The van der Waals surface area contributed by atoms with Gasteiger partial charge in [-0.25, -0.2) is 4.79 Å². The molecule has 1 heterocycles. The molecule has 0 aromatic heterocycles. The Kier molecular flexibility index (Phi) is 9.98. The molecular formula is C20H4Cl4I4NaO5+. The molecule has 1 aliphatic heterocycles. The minimum Gasteiger partial charge on any atom is -0.506 e. The Labute approximate surface area is 288 Å². The summed E-state index contributed by atoms with van der Waals surface area (Å²) in [4.78, 5) is 25.0. The van der Waals surface area contributed by atoms with E-state index in [-0.39, 0.29) is 86.9 Å². The van der Waals surface area contributed by atoms with E-state index in [0.717, 1.165) is 0 Å². The van der Waals surface area contributed by atoms with Gasteiger partial charge in [-0.05, 0) is 102 Å². The van der Waals surface area contributed by atoms with E-state index in [1.807, 2.05) is 90.4 Å². The van der Waals surface area contributed by atoms with Crippen LogP contribution >= 0.6 is 137 Å². The Hall–Kier alpha value is 1.48. The fraction of sp³-hybridized carbons (Fsp3) is 0. The zero-order chi connectivity index (χ0) is 24.5. The van der Waals surface area contributed by atoms with Crippen molar-refractivity contribution in [1.82, 2.24) is 0 Å². The summed E-state index contributed by atoms with van der Waals surface area (Å²) in [6.45, 7) is 0. The van der Waals surface area contributed by atoms with Crippen LogP contribution in [0.3, 0.4) is 0 Å². The molecule has 5 nitrogen and oxygen atoms in total. The average Bonchev–Trinajstić information content (AvgIpc) is 2.76. The molecule has 0 bridgehead atoms. The molecular weight excluding hydrogens is 993 g/mol. The van der Waals surface area contributed by atoms with Crippen LogP contribution in [0.5, 0.6) is 5.75 Å². The molecule has 0 saturated carbocycles. The van der Waals surface area contributed by atoms with E-state index in [9.17, 15) is 19.8 Å². The maximum absolute atomic E-state index is 12.7. The molecule has 4 rings (SSSR count). The summed E-state index contributed by atoms with van der Waals surface area (Å²) < 4.78 is 7.64. The molecule has 2 aromatic carbocycles. The number of phenols is 1. The summed E-state index contributed by atoms with van der Waals surface area (Å²) in [5.74, 6) is -1.18. The number of halogens is 8. The average molecular weight is 997 g/mol. The normalized spacial score (nSPS) is 11.2. The summed E-state index contributed by atoms with van der Waals surface area (Å²) >= 11 is 33.1. The van der Waals surface area contributed by atoms with E-state index >= 15 is 0 Å². The molecule has 0 saturated heterocycles. The molecule has 0 radical (unpaired) electrons. The van der Waals surface area contributed by atoms with E-state index in [1.165, 1.54) is 0 Å². The maximum Gasteiger partial charge on any atom is 1.00 e. The molecule has 1 aliphatic carbocycles. The quantitative estimate of drug-likeness (QED) is 0.0847. The number of phenolic OH excluding ortho intramolecular Hbond substituents is 1. The van der Waals surface area contributed by atoms with E-state index in [1.54, 1.807) is 12.1 Å². The maximum atomic E-state index is 12.7. The zero-order valence-electron chi connectivity index (χ0n) is 16.3. The van der Waals surface area contributed by atoms with E-state index in [4.69, 9.17) is 50.8 Å². The Morgan fingerprint density at radius 1 is 0.853 bits per heavy atom. The zero-order valence-corrected chi connectivity index (χ0v) is 30.0. The molecule has 0 fully saturated rings. The Morgan fingerprint density at radius 2 is 1.44 bits per heavy atom. The number of aromatic hydroxyl groups is 1. The first-order valence-corrected chi connectivity index (χ1v) is 14.3. The van der Waals surface area contributed by atoms with Gasteiger partial charge in [0.1, 0.15) is 9.32 Å². The van der Waals surface area contributed by atoms with Crippen LogP contribution in [0.2, 0.25) is 20.1 Å². The molecule has 0 amide bonds. The number of fused-ring (bicyclic) bond motifs is 2. The first-order valence-electron chi connectivity index (χ1n) is 8.43. The van der Waals surface area contributed by atoms with Crippen molar-refractivity contribution in [2.24, 2.45) is 0 Å². The second-order valence-corrected chi connectivity index (χ2v) is 12.6. The molecule has 0 atom stereocenters. The molecule has 2 N–H and O–H groups in total. The van der Waals surface area contributed by atoms with Crippen molar-refractivity contribution < 1.29 is 49.0 Å². The predicted molar refractivity (Wildman–Crippen MR) is 164 cm³/mol. The van der Waals surface area contributed by atoms with Gasteiger partial charge in [0.05, 0.1) is 36.4 Å². The van der Waals surface area contributed by atoms with Gasteiger partial charge in [0.25, 0.3) is 0 Å². The van der Waals surface area contributed by atoms with Gasteiger partial charge in [-0.1, -0.05) is 46.4 Å². The number of rotatable bonds is 2. The van der Waals surface area contributed by atoms with Gasteiger partial charge < -0.3 is 14.6 Å². The third-order valence-electron chi connectivity index (χ3n) is 4.75. The number of carboxylic acid groups (broad SMARTS) is 1. The number of carboxylic acids is 1. The molecule has 0 unspecified atom stereocenters. The topological polar surface area (TPSA) is 87.7 Å². The Balaban J connectivity index is 0.00000324. The number of hydrogen-bond donors (Lipinski definition) is 2. The van der Waals surface area contributed by atoms with Crippen LogP contribution in [0.25, 0.3) is 33.4 Å². The Bertz CT molecular complexity index is 1570.